The molecule has 0 amide bonds. The first-order valence-electron chi connectivity index (χ1n) is 3.47. The Morgan fingerprint density at radius 1 is 1.73 bits per heavy atom. The van der Waals surface area contributed by atoms with Gasteiger partial charge in [0.05, 0.1) is 6.61 Å². The Balaban J connectivity index is 4.02. The van der Waals surface area contributed by atoms with Crippen LogP contribution in [0.15, 0.2) is 5.11 Å². The highest BCUT2D eigenvalue weighted by atomic mass is 16.5. The highest BCUT2D eigenvalue weighted by molar-refractivity contribution is 5.75. The van der Waals surface area contributed by atoms with Gasteiger partial charge in [0, 0.05) is 4.91 Å². The molecule has 0 radical (unpaired) electrons. The van der Waals surface area contributed by atoms with Crippen molar-refractivity contribution in [1.29, 1.82) is 0 Å². The van der Waals surface area contributed by atoms with Crippen LogP contribution in [0.25, 0.3) is 10.4 Å². The van der Waals surface area contributed by atoms with Crippen molar-refractivity contribution in [1.82, 2.24) is 0 Å². The Labute approximate surface area is 65.0 Å². The van der Waals surface area contributed by atoms with Crippen LogP contribution in [0.5, 0.6) is 0 Å². The summed E-state index contributed by atoms with van der Waals surface area (Å²) in [6, 6.07) is -0.667. The number of nitrogens with zero attached hydrogens (tertiary/aromatic N) is 3. The minimum Gasteiger partial charge on any atom is -0.466 e. The van der Waals surface area contributed by atoms with Gasteiger partial charge in [-0.1, -0.05) is 12.0 Å². The summed E-state index contributed by atoms with van der Waals surface area (Å²) in [5, 5.41) is 3.27. The minimum absolute atomic E-state index is 0.316. The Hall–Kier alpha value is -1.22. The maximum Gasteiger partial charge on any atom is 0.314 e. The van der Waals surface area contributed by atoms with Crippen molar-refractivity contribution in [3.63, 3.8) is 0 Å². The molecule has 0 spiro atoms. The minimum atomic E-state index is -0.667. The predicted molar refractivity (Wildman–Crippen MR) is 39.9 cm³/mol. The number of carbonyl (C=O) groups is 1. The Kier molecular flexibility index (Phi) is 4.94. The van der Waals surface area contributed by atoms with Crippen molar-refractivity contribution in [3.8, 4) is 0 Å². The van der Waals surface area contributed by atoms with E-state index in [2.05, 4.69) is 14.8 Å². The zero-order chi connectivity index (χ0) is 8.69. The maximum absolute atomic E-state index is 10.9. The number of rotatable bonds is 4. The van der Waals surface area contributed by atoms with Crippen LogP contribution in [0.4, 0.5) is 0 Å². The fourth-order valence-electron chi connectivity index (χ4n) is 0.596. The van der Waals surface area contributed by atoms with E-state index >= 15 is 0 Å². The van der Waals surface area contributed by atoms with E-state index in [4.69, 9.17) is 5.53 Å². The average Bonchev–Trinajstić information content (AvgIpc) is 2.00. The summed E-state index contributed by atoms with van der Waals surface area (Å²) >= 11 is 0. The lowest BCUT2D eigenvalue weighted by Gasteiger charge is -2.05. The summed E-state index contributed by atoms with van der Waals surface area (Å²) in [5.74, 6) is -0.451. The summed E-state index contributed by atoms with van der Waals surface area (Å²) in [7, 11) is 0. The Morgan fingerprint density at radius 3 is 2.73 bits per heavy atom. The molecule has 0 saturated heterocycles. The summed E-state index contributed by atoms with van der Waals surface area (Å²) in [6.45, 7) is 3.78. The number of esters is 1. The van der Waals surface area contributed by atoms with E-state index < -0.39 is 12.0 Å². The Morgan fingerprint density at radius 2 is 2.36 bits per heavy atom. The van der Waals surface area contributed by atoms with Crippen LogP contribution >= 0.6 is 0 Å². The van der Waals surface area contributed by atoms with Crippen molar-refractivity contribution < 1.29 is 9.53 Å². The van der Waals surface area contributed by atoms with E-state index in [0.717, 1.165) is 0 Å². The van der Waals surface area contributed by atoms with Crippen LogP contribution in [0.2, 0.25) is 0 Å². The highest BCUT2D eigenvalue weighted by Crippen LogP contribution is 2.00. The zero-order valence-corrected chi connectivity index (χ0v) is 6.65. The second-order valence-electron chi connectivity index (χ2n) is 1.88. The molecule has 0 aromatic heterocycles. The van der Waals surface area contributed by atoms with Crippen LogP contribution < -0.4 is 0 Å². The van der Waals surface area contributed by atoms with E-state index in [1.807, 2.05) is 0 Å². The number of ether oxygens (including phenoxy) is 1. The molecule has 0 saturated carbocycles. The van der Waals surface area contributed by atoms with Gasteiger partial charge in [-0.2, -0.15) is 0 Å². The zero-order valence-electron chi connectivity index (χ0n) is 6.65. The molecule has 5 nitrogen and oxygen atoms in total. The molecule has 0 aromatic carbocycles. The number of hydrogen-bond acceptors (Lipinski definition) is 3. The van der Waals surface area contributed by atoms with Gasteiger partial charge < -0.3 is 4.74 Å². The van der Waals surface area contributed by atoms with E-state index in [-0.39, 0.29) is 0 Å². The van der Waals surface area contributed by atoms with Crippen LogP contribution in [-0.4, -0.2) is 18.6 Å². The van der Waals surface area contributed by atoms with Crippen molar-refractivity contribution in [2.75, 3.05) is 6.61 Å². The van der Waals surface area contributed by atoms with Crippen molar-refractivity contribution >= 4 is 5.97 Å². The number of azide groups is 1. The van der Waals surface area contributed by atoms with Gasteiger partial charge in [0.2, 0.25) is 0 Å². The van der Waals surface area contributed by atoms with Gasteiger partial charge in [-0.3, -0.25) is 4.79 Å². The third kappa shape index (κ3) is 3.47. The van der Waals surface area contributed by atoms with E-state index in [1.54, 1.807) is 13.8 Å². The lowest BCUT2D eigenvalue weighted by atomic mass is 10.2. The third-order valence-electron chi connectivity index (χ3n) is 1.14. The molecule has 1 unspecified atom stereocenters. The summed E-state index contributed by atoms with van der Waals surface area (Å²) in [6.07, 6.45) is 0.475. The lowest BCUT2D eigenvalue weighted by Crippen LogP contribution is -2.19. The molecule has 0 aliphatic heterocycles. The summed E-state index contributed by atoms with van der Waals surface area (Å²) in [5.41, 5.74) is 8.04. The predicted octanol–water partition coefficient (Wildman–Crippen LogP) is 1.64. The van der Waals surface area contributed by atoms with Gasteiger partial charge in [-0.05, 0) is 18.9 Å². The van der Waals surface area contributed by atoms with Crippen molar-refractivity contribution in [2.24, 2.45) is 5.11 Å². The van der Waals surface area contributed by atoms with Gasteiger partial charge >= 0.3 is 5.97 Å². The molecule has 62 valence electrons. The molecule has 1 atom stereocenters. The second-order valence-corrected chi connectivity index (χ2v) is 1.88. The monoisotopic (exact) mass is 157 g/mol. The van der Waals surface area contributed by atoms with Gasteiger partial charge in [0.1, 0.15) is 6.04 Å². The smallest absolute Gasteiger partial charge is 0.314 e. The van der Waals surface area contributed by atoms with E-state index in [1.165, 1.54) is 0 Å². The van der Waals surface area contributed by atoms with Gasteiger partial charge in [-0.15, -0.1) is 0 Å². The largest absolute Gasteiger partial charge is 0.466 e. The number of carbonyl (C=O) groups excluding carboxylic acids is 1. The molecule has 0 N–H and O–H groups in total. The third-order valence-corrected chi connectivity index (χ3v) is 1.14. The molecule has 0 heterocycles. The van der Waals surface area contributed by atoms with Gasteiger partial charge in [0.25, 0.3) is 0 Å². The normalized spacial score (nSPS) is 11.5. The molecule has 0 aromatic rings. The summed E-state index contributed by atoms with van der Waals surface area (Å²) in [4.78, 5) is 13.4. The van der Waals surface area contributed by atoms with Crippen LogP contribution in [0.1, 0.15) is 20.3 Å². The SMILES string of the molecule is CCOC(=O)C(CC)N=[N+]=[N-]. The average molecular weight is 157 g/mol. The quantitative estimate of drug-likeness (QED) is 0.269. The lowest BCUT2D eigenvalue weighted by molar-refractivity contribution is -0.144. The molecule has 0 bridgehead atoms. The molecule has 0 aliphatic rings. The molecule has 0 fully saturated rings. The molecular formula is C6H11N3O2. The van der Waals surface area contributed by atoms with E-state index in [9.17, 15) is 4.79 Å². The first-order chi connectivity index (χ1) is 5.26. The standard InChI is InChI=1S/C6H11N3O2/c1-3-5(8-9-7)6(10)11-4-2/h5H,3-4H2,1-2H3. The van der Waals surface area contributed by atoms with E-state index in [0.29, 0.717) is 13.0 Å². The van der Waals surface area contributed by atoms with Crippen LogP contribution in [0.3, 0.4) is 0 Å². The number of hydrogen-bond donors (Lipinski definition) is 0. The van der Waals surface area contributed by atoms with Gasteiger partial charge in [-0.25, -0.2) is 0 Å². The summed E-state index contributed by atoms with van der Waals surface area (Å²) < 4.78 is 4.64. The van der Waals surface area contributed by atoms with Crippen molar-refractivity contribution in [3.05, 3.63) is 10.4 Å². The Bertz CT molecular complexity index is 175. The van der Waals surface area contributed by atoms with Crippen LogP contribution in [-0.2, 0) is 9.53 Å². The first kappa shape index (κ1) is 9.78. The maximum atomic E-state index is 10.9. The molecule has 0 aliphatic carbocycles. The molecule has 0 rings (SSSR count). The fraction of sp³-hybridized carbons (Fsp3) is 0.833. The molecule has 5 heteroatoms. The first-order valence-corrected chi connectivity index (χ1v) is 3.47. The fourth-order valence-corrected chi connectivity index (χ4v) is 0.596. The van der Waals surface area contributed by atoms with Crippen molar-refractivity contribution in [2.45, 2.75) is 26.3 Å². The van der Waals surface area contributed by atoms with Gasteiger partial charge in [0.15, 0.2) is 0 Å². The molecule has 11 heavy (non-hydrogen) atoms. The molecular weight excluding hydrogens is 146 g/mol. The topological polar surface area (TPSA) is 75.1 Å². The van der Waals surface area contributed by atoms with Crippen LogP contribution in [0, 0.1) is 0 Å². The second kappa shape index (κ2) is 5.56. The highest BCUT2D eigenvalue weighted by Gasteiger charge is 2.14.